The number of carbonyl (C=O) groups is 2. The number of rotatable bonds is 10. The summed E-state index contributed by atoms with van der Waals surface area (Å²) in [5.41, 5.74) is -0.632. The maximum Gasteiger partial charge on any atom is 0.307 e. The Hall–Kier alpha value is -2.44. The highest BCUT2D eigenvalue weighted by molar-refractivity contribution is 6.99. The Labute approximate surface area is 199 Å². The zero-order chi connectivity index (χ0) is 24.7. The maximum atomic E-state index is 12.2. The zero-order valence-electron chi connectivity index (χ0n) is 20.8. The van der Waals surface area contributed by atoms with Gasteiger partial charge in [-0.3, -0.25) is 9.59 Å². The van der Waals surface area contributed by atoms with Crippen LogP contribution in [0.5, 0.6) is 0 Å². The first-order valence-electron chi connectivity index (χ1n) is 11.6. The number of hydrogen-bond donors (Lipinski definition) is 1. The largest absolute Gasteiger partial charge is 0.481 e. The highest BCUT2D eigenvalue weighted by Gasteiger charge is 2.50. The van der Waals surface area contributed by atoms with Gasteiger partial charge in [-0.2, -0.15) is 0 Å². The molecular weight excluding hydrogens is 432 g/mol. The van der Waals surface area contributed by atoms with Gasteiger partial charge in [-0.1, -0.05) is 81.4 Å². The van der Waals surface area contributed by atoms with Gasteiger partial charge >= 0.3 is 11.9 Å². The first kappa shape index (κ1) is 26.8. The summed E-state index contributed by atoms with van der Waals surface area (Å²) < 4.78 is 12.1. The standard InChI is InChI=1S/C27H38O5Si/c1-26(2,3)32-24(28)20-21(25(29)30)14-13-19-31-33(27(4,5)6,22-15-9-7-10-16-22)23-17-11-8-12-18-23/h7-12,15-18,21H,13-14,19-20H2,1-6H3,(H,29,30)/t21-/m0/s1. The van der Waals surface area contributed by atoms with Gasteiger partial charge in [0.2, 0.25) is 0 Å². The second-order valence-corrected chi connectivity index (χ2v) is 14.8. The fraction of sp³-hybridized carbons (Fsp3) is 0.481. The van der Waals surface area contributed by atoms with E-state index >= 15 is 0 Å². The minimum atomic E-state index is -2.65. The molecule has 0 saturated carbocycles. The molecular formula is C27H38O5Si. The lowest BCUT2D eigenvalue weighted by Crippen LogP contribution is -2.66. The first-order chi connectivity index (χ1) is 15.4. The molecule has 0 saturated heterocycles. The van der Waals surface area contributed by atoms with Crippen LogP contribution in [0.4, 0.5) is 0 Å². The molecule has 2 aromatic carbocycles. The lowest BCUT2D eigenvalue weighted by Gasteiger charge is -2.43. The molecule has 180 valence electrons. The quantitative estimate of drug-likeness (QED) is 0.307. The number of hydrogen-bond acceptors (Lipinski definition) is 4. The van der Waals surface area contributed by atoms with Crippen LogP contribution >= 0.6 is 0 Å². The minimum Gasteiger partial charge on any atom is -0.481 e. The second kappa shape index (κ2) is 11.1. The Balaban J connectivity index is 2.20. The fourth-order valence-corrected chi connectivity index (χ4v) is 8.82. The normalized spacial score (nSPS) is 13.4. The van der Waals surface area contributed by atoms with Crippen molar-refractivity contribution in [1.29, 1.82) is 0 Å². The third-order valence-electron chi connectivity index (χ3n) is 5.61. The molecule has 0 aliphatic rings. The van der Waals surface area contributed by atoms with Gasteiger partial charge < -0.3 is 14.3 Å². The van der Waals surface area contributed by atoms with Crippen LogP contribution in [0.25, 0.3) is 0 Å². The summed E-state index contributed by atoms with van der Waals surface area (Å²) in [7, 11) is -2.65. The van der Waals surface area contributed by atoms with E-state index in [2.05, 4.69) is 45.0 Å². The first-order valence-corrected chi connectivity index (χ1v) is 13.5. The van der Waals surface area contributed by atoms with Gasteiger partial charge in [0.25, 0.3) is 8.32 Å². The Morgan fingerprint density at radius 3 is 1.76 bits per heavy atom. The van der Waals surface area contributed by atoms with Crippen molar-refractivity contribution in [3.8, 4) is 0 Å². The van der Waals surface area contributed by atoms with E-state index in [1.807, 2.05) is 36.4 Å². The number of carboxylic acid groups (broad SMARTS) is 1. The molecule has 0 aliphatic heterocycles. The van der Waals surface area contributed by atoms with Crippen molar-refractivity contribution in [2.45, 2.75) is 71.4 Å². The van der Waals surface area contributed by atoms with E-state index in [-0.39, 0.29) is 11.5 Å². The summed E-state index contributed by atoms with van der Waals surface area (Å²) >= 11 is 0. The van der Waals surface area contributed by atoms with Crippen molar-refractivity contribution in [2.24, 2.45) is 5.92 Å². The Bertz CT molecular complexity index is 858. The van der Waals surface area contributed by atoms with E-state index < -0.39 is 31.8 Å². The Morgan fingerprint density at radius 1 is 0.879 bits per heavy atom. The molecule has 1 atom stereocenters. The Morgan fingerprint density at radius 2 is 1.36 bits per heavy atom. The summed E-state index contributed by atoms with van der Waals surface area (Å²) in [5.74, 6) is -2.25. The summed E-state index contributed by atoms with van der Waals surface area (Å²) in [4.78, 5) is 23.9. The summed E-state index contributed by atoms with van der Waals surface area (Å²) in [6.07, 6.45) is 0.767. The van der Waals surface area contributed by atoms with Gasteiger partial charge in [-0.25, -0.2) is 0 Å². The third-order valence-corrected chi connectivity index (χ3v) is 10.7. The van der Waals surface area contributed by atoms with E-state index in [4.69, 9.17) is 9.16 Å². The molecule has 0 aromatic heterocycles. The van der Waals surface area contributed by atoms with Gasteiger partial charge in [0.15, 0.2) is 0 Å². The number of carbonyl (C=O) groups excluding carboxylic acids is 1. The molecule has 2 rings (SSSR count). The topological polar surface area (TPSA) is 72.8 Å². The SMILES string of the molecule is CC(C)(C)OC(=O)C[C@H](CCCO[Si](c1ccccc1)(c1ccccc1)C(C)(C)C)C(=O)O. The Kier molecular flexibility index (Phi) is 9.03. The highest BCUT2D eigenvalue weighted by atomic mass is 28.4. The van der Waals surface area contributed by atoms with Gasteiger partial charge in [-0.15, -0.1) is 0 Å². The number of carboxylic acids is 1. The summed E-state index contributed by atoms with van der Waals surface area (Å²) in [6.45, 7) is 12.4. The molecule has 1 N–H and O–H groups in total. The van der Waals surface area contributed by atoms with E-state index in [0.29, 0.717) is 19.4 Å². The van der Waals surface area contributed by atoms with E-state index in [1.165, 1.54) is 10.4 Å². The second-order valence-electron chi connectivity index (χ2n) is 10.5. The van der Waals surface area contributed by atoms with Crippen LogP contribution in [0.2, 0.25) is 5.04 Å². The molecule has 0 unspecified atom stereocenters. The van der Waals surface area contributed by atoms with Crippen LogP contribution in [-0.4, -0.2) is 37.6 Å². The number of aliphatic carboxylic acids is 1. The summed E-state index contributed by atoms with van der Waals surface area (Å²) in [5, 5.41) is 11.9. The molecule has 0 radical (unpaired) electrons. The lowest BCUT2D eigenvalue weighted by atomic mass is 10.00. The lowest BCUT2D eigenvalue weighted by molar-refractivity contribution is -0.160. The smallest absolute Gasteiger partial charge is 0.307 e. The highest BCUT2D eigenvalue weighted by Crippen LogP contribution is 2.37. The number of benzene rings is 2. The van der Waals surface area contributed by atoms with E-state index in [9.17, 15) is 14.7 Å². The third kappa shape index (κ3) is 7.27. The van der Waals surface area contributed by atoms with Gasteiger partial charge in [-0.05, 0) is 49.0 Å². The molecule has 0 heterocycles. The maximum absolute atomic E-state index is 12.2. The average Bonchev–Trinajstić information content (AvgIpc) is 2.72. The molecule has 0 fully saturated rings. The van der Waals surface area contributed by atoms with Crippen LogP contribution in [0.3, 0.4) is 0 Å². The van der Waals surface area contributed by atoms with Crippen molar-refractivity contribution < 1.29 is 23.9 Å². The molecule has 0 spiro atoms. The van der Waals surface area contributed by atoms with Crippen molar-refractivity contribution in [3.63, 3.8) is 0 Å². The van der Waals surface area contributed by atoms with Gasteiger partial charge in [0.05, 0.1) is 12.3 Å². The monoisotopic (exact) mass is 470 g/mol. The number of esters is 1. The molecule has 6 heteroatoms. The van der Waals surface area contributed by atoms with Crippen LogP contribution in [0.1, 0.15) is 60.8 Å². The van der Waals surface area contributed by atoms with Crippen LogP contribution in [0.15, 0.2) is 60.7 Å². The zero-order valence-corrected chi connectivity index (χ0v) is 21.8. The van der Waals surface area contributed by atoms with Crippen molar-refractivity contribution in [1.82, 2.24) is 0 Å². The predicted octanol–water partition coefficient (Wildman–Crippen LogP) is 4.78. The molecule has 2 aromatic rings. The molecule has 0 bridgehead atoms. The van der Waals surface area contributed by atoms with Gasteiger partial charge in [0, 0.05) is 6.61 Å². The summed E-state index contributed by atoms with van der Waals surface area (Å²) in [6, 6.07) is 20.7. The molecule has 0 aliphatic carbocycles. The van der Waals surface area contributed by atoms with E-state index in [1.54, 1.807) is 20.8 Å². The van der Waals surface area contributed by atoms with Crippen molar-refractivity contribution >= 4 is 30.6 Å². The van der Waals surface area contributed by atoms with Crippen molar-refractivity contribution in [3.05, 3.63) is 60.7 Å². The van der Waals surface area contributed by atoms with Crippen LogP contribution in [0, 0.1) is 5.92 Å². The number of ether oxygens (including phenoxy) is 1. The molecule has 0 amide bonds. The van der Waals surface area contributed by atoms with E-state index in [0.717, 1.165) is 0 Å². The average molecular weight is 471 g/mol. The van der Waals surface area contributed by atoms with Gasteiger partial charge in [0.1, 0.15) is 5.60 Å². The van der Waals surface area contributed by atoms with Crippen molar-refractivity contribution in [2.75, 3.05) is 6.61 Å². The van der Waals surface area contributed by atoms with Crippen LogP contribution < -0.4 is 10.4 Å². The molecule has 5 nitrogen and oxygen atoms in total. The fourth-order valence-electron chi connectivity index (χ4n) is 4.21. The minimum absolute atomic E-state index is 0.133. The molecule has 33 heavy (non-hydrogen) atoms. The predicted molar refractivity (Wildman–Crippen MR) is 134 cm³/mol. The van der Waals surface area contributed by atoms with Crippen LogP contribution in [-0.2, 0) is 18.8 Å².